The molecule has 0 atom stereocenters. The summed E-state index contributed by atoms with van der Waals surface area (Å²) in [4.78, 5) is 0. The first-order valence-corrected chi connectivity index (χ1v) is 8.55. The number of anilines is 1. The Bertz CT molecular complexity index is 462. The molecule has 110 valence electrons. The summed E-state index contributed by atoms with van der Waals surface area (Å²) in [6.07, 6.45) is 9.68. The second-order valence-corrected chi connectivity index (χ2v) is 7.59. The highest BCUT2D eigenvalue weighted by molar-refractivity contribution is 5.31. The Morgan fingerprint density at radius 3 is 2.40 bits per heavy atom. The Labute approximate surface area is 121 Å². The number of nitrogen functional groups attached to an aromatic ring is 1. The number of hydrogen-bond acceptors (Lipinski definition) is 2. The SMILES string of the molecule is CCCc1cc(N)n(CC2C3CC4CC(C3)CC2C4)n1. The van der Waals surface area contributed by atoms with Crippen molar-refractivity contribution in [2.45, 2.75) is 58.4 Å². The molecule has 0 amide bonds. The maximum absolute atomic E-state index is 6.18. The van der Waals surface area contributed by atoms with Crippen molar-refractivity contribution in [2.24, 2.45) is 29.6 Å². The van der Waals surface area contributed by atoms with Gasteiger partial charge in [-0.1, -0.05) is 13.3 Å². The van der Waals surface area contributed by atoms with E-state index in [1.807, 2.05) is 0 Å². The second kappa shape index (κ2) is 4.78. The van der Waals surface area contributed by atoms with Gasteiger partial charge in [-0.3, -0.25) is 0 Å². The maximum atomic E-state index is 6.18. The lowest BCUT2D eigenvalue weighted by atomic mass is 9.52. The Morgan fingerprint density at radius 2 is 1.80 bits per heavy atom. The molecule has 4 aliphatic rings. The molecule has 1 heterocycles. The van der Waals surface area contributed by atoms with Crippen LogP contribution in [-0.2, 0) is 13.0 Å². The third kappa shape index (κ3) is 2.06. The average molecular weight is 273 g/mol. The summed E-state index contributed by atoms with van der Waals surface area (Å²) in [7, 11) is 0. The zero-order valence-electron chi connectivity index (χ0n) is 12.6. The monoisotopic (exact) mass is 273 g/mol. The third-order valence-corrected chi connectivity index (χ3v) is 6.17. The van der Waals surface area contributed by atoms with Gasteiger partial charge in [0.1, 0.15) is 5.82 Å². The summed E-state index contributed by atoms with van der Waals surface area (Å²) >= 11 is 0. The normalized spacial score (nSPS) is 38.5. The van der Waals surface area contributed by atoms with Crippen molar-refractivity contribution >= 4 is 5.82 Å². The number of hydrogen-bond donors (Lipinski definition) is 1. The van der Waals surface area contributed by atoms with E-state index >= 15 is 0 Å². The standard InChI is InChI=1S/C17H27N3/c1-2-3-15-9-17(18)20(19-15)10-16-13-5-11-4-12(7-13)8-14(16)6-11/h9,11-14,16H,2-8,10,18H2,1H3. The summed E-state index contributed by atoms with van der Waals surface area (Å²) in [5, 5.41) is 4.74. The average Bonchev–Trinajstić information content (AvgIpc) is 2.74. The Kier molecular flexibility index (Phi) is 3.04. The lowest BCUT2D eigenvalue weighted by Crippen LogP contribution is -2.46. The van der Waals surface area contributed by atoms with Gasteiger partial charge in [0, 0.05) is 12.6 Å². The van der Waals surface area contributed by atoms with Gasteiger partial charge in [-0.2, -0.15) is 5.10 Å². The van der Waals surface area contributed by atoms with E-state index in [1.54, 1.807) is 0 Å². The van der Waals surface area contributed by atoms with Crippen molar-refractivity contribution in [1.82, 2.24) is 9.78 Å². The van der Waals surface area contributed by atoms with Crippen LogP contribution >= 0.6 is 0 Å². The van der Waals surface area contributed by atoms with Crippen molar-refractivity contribution in [3.8, 4) is 0 Å². The zero-order valence-corrected chi connectivity index (χ0v) is 12.6. The first-order valence-electron chi connectivity index (χ1n) is 8.55. The van der Waals surface area contributed by atoms with Crippen LogP contribution in [0, 0.1) is 29.6 Å². The molecule has 4 bridgehead atoms. The van der Waals surface area contributed by atoms with Crippen LogP contribution in [0.4, 0.5) is 5.82 Å². The van der Waals surface area contributed by atoms with Gasteiger partial charge in [0.25, 0.3) is 0 Å². The van der Waals surface area contributed by atoms with Gasteiger partial charge in [0.05, 0.1) is 5.69 Å². The molecule has 0 spiro atoms. The summed E-state index contributed by atoms with van der Waals surface area (Å²) in [6.45, 7) is 3.28. The Morgan fingerprint density at radius 1 is 1.15 bits per heavy atom. The number of rotatable bonds is 4. The first kappa shape index (κ1) is 12.7. The van der Waals surface area contributed by atoms with Crippen LogP contribution in [0.5, 0.6) is 0 Å². The van der Waals surface area contributed by atoms with E-state index in [2.05, 4.69) is 17.7 Å². The van der Waals surface area contributed by atoms with E-state index in [0.717, 1.165) is 54.8 Å². The molecular formula is C17H27N3. The van der Waals surface area contributed by atoms with Gasteiger partial charge in [0.15, 0.2) is 0 Å². The highest BCUT2D eigenvalue weighted by Crippen LogP contribution is 2.56. The highest BCUT2D eigenvalue weighted by Gasteiger charge is 2.48. The zero-order chi connectivity index (χ0) is 13.7. The van der Waals surface area contributed by atoms with Crippen LogP contribution in [0.3, 0.4) is 0 Å². The predicted molar refractivity (Wildman–Crippen MR) is 81.2 cm³/mol. The quantitative estimate of drug-likeness (QED) is 0.912. The van der Waals surface area contributed by atoms with E-state index in [9.17, 15) is 0 Å². The molecule has 20 heavy (non-hydrogen) atoms. The van der Waals surface area contributed by atoms with Gasteiger partial charge in [-0.15, -0.1) is 0 Å². The van der Waals surface area contributed by atoms with Gasteiger partial charge >= 0.3 is 0 Å². The summed E-state index contributed by atoms with van der Waals surface area (Å²) in [6, 6.07) is 2.08. The Hall–Kier alpha value is -0.990. The third-order valence-electron chi connectivity index (χ3n) is 6.17. The van der Waals surface area contributed by atoms with Crippen LogP contribution in [-0.4, -0.2) is 9.78 Å². The van der Waals surface area contributed by atoms with E-state index in [4.69, 9.17) is 10.8 Å². The van der Waals surface area contributed by atoms with Gasteiger partial charge in [-0.25, -0.2) is 4.68 Å². The lowest BCUT2D eigenvalue weighted by Gasteiger charge is -2.54. The molecule has 4 fully saturated rings. The molecule has 0 radical (unpaired) electrons. The summed E-state index contributed by atoms with van der Waals surface area (Å²) < 4.78 is 2.11. The molecule has 1 aromatic rings. The largest absolute Gasteiger partial charge is 0.384 e. The molecule has 0 saturated heterocycles. The molecule has 3 heteroatoms. The fourth-order valence-corrected chi connectivity index (χ4v) is 5.55. The van der Waals surface area contributed by atoms with Crippen molar-refractivity contribution in [3.63, 3.8) is 0 Å². The molecule has 2 N–H and O–H groups in total. The second-order valence-electron chi connectivity index (χ2n) is 7.59. The van der Waals surface area contributed by atoms with Gasteiger partial charge in [-0.05, 0) is 68.1 Å². The minimum atomic E-state index is 0.847. The van der Waals surface area contributed by atoms with E-state index < -0.39 is 0 Å². The van der Waals surface area contributed by atoms with Crippen molar-refractivity contribution in [3.05, 3.63) is 11.8 Å². The molecule has 4 aliphatic carbocycles. The van der Waals surface area contributed by atoms with Gasteiger partial charge in [0.2, 0.25) is 0 Å². The van der Waals surface area contributed by atoms with E-state index in [0.29, 0.717) is 0 Å². The summed E-state index contributed by atoms with van der Waals surface area (Å²) in [5.74, 6) is 5.76. The lowest BCUT2D eigenvalue weighted by molar-refractivity contribution is -0.0440. The summed E-state index contributed by atoms with van der Waals surface area (Å²) in [5.41, 5.74) is 7.35. The van der Waals surface area contributed by atoms with Crippen molar-refractivity contribution in [1.29, 1.82) is 0 Å². The molecule has 0 aromatic carbocycles. The molecular weight excluding hydrogens is 246 g/mol. The molecule has 4 saturated carbocycles. The fraction of sp³-hybridized carbons (Fsp3) is 0.824. The van der Waals surface area contributed by atoms with Crippen LogP contribution in [0.15, 0.2) is 6.07 Å². The molecule has 0 unspecified atom stereocenters. The smallest absolute Gasteiger partial charge is 0.121 e. The van der Waals surface area contributed by atoms with Crippen LogP contribution in [0.2, 0.25) is 0 Å². The first-order chi connectivity index (χ1) is 9.72. The number of aryl methyl sites for hydroxylation is 1. The van der Waals surface area contributed by atoms with Crippen molar-refractivity contribution in [2.75, 3.05) is 5.73 Å². The minimum absolute atomic E-state index is 0.847. The highest BCUT2D eigenvalue weighted by atomic mass is 15.3. The molecule has 1 aromatic heterocycles. The minimum Gasteiger partial charge on any atom is -0.384 e. The van der Waals surface area contributed by atoms with Crippen LogP contribution in [0.1, 0.15) is 51.1 Å². The van der Waals surface area contributed by atoms with Crippen molar-refractivity contribution < 1.29 is 0 Å². The van der Waals surface area contributed by atoms with E-state index in [1.165, 1.54) is 37.8 Å². The molecule has 3 nitrogen and oxygen atoms in total. The number of nitrogens with zero attached hydrogens (tertiary/aromatic N) is 2. The van der Waals surface area contributed by atoms with Gasteiger partial charge < -0.3 is 5.73 Å². The van der Waals surface area contributed by atoms with Crippen LogP contribution < -0.4 is 5.73 Å². The molecule has 0 aliphatic heterocycles. The fourth-order valence-electron chi connectivity index (χ4n) is 5.55. The van der Waals surface area contributed by atoms with Crippen LogP contribution in [0.25, 0.3) is 0 Å². The topological polar surface area (TPSA) is 43.8 Å². The van der Waals surface area contributed by atoms with E-state index in [-0.39, 0.29) is 0 Å². The number of aromatic nitrogens is 2. The molecule has 5 rings (SSSR count). The maximum Gasteiger partial charge on any atom is 0.121 e. The number of nitrogens with two attached hydrogens (primary N) is 1. The predicted octanol–water partition coefficient (Wildman–Crippen LogP) is 3.49. The Balaban J connectivity index is 1.51.